The van der Waals surface area contributed by atoms with Crippen molar-refractivity contribution in [1.82, 2.24) is 5.32 Å². The summed E-state index contributed by atoms with van der Waals surface area (Å²) in [5.41, 5.74) is 0. The molecule has 0 heterocycles. The molecule has 1 amide bonds. The van der Waals surface area contributed by atoms with E-state index in [1.54, 1.807) is 0 Å². The first-order chi connectivity index (χ1) is 5.54. The predicted molar refractivity (Wildman–Crippen MR) is 56.3 cm³/mol. The first-order valence-corrected chi connectivity index (χ1v) is 4.75. The first-order valence-electron chi connectivity index (χ1n) is 3.67. The number of amides is 1. The molecular formula is C8H12INO2. The van der Waals surface area contributed by atoms with E-state index in [0.717, 1.165) is 12.8 Å². The SMILES string of the molecule is C#CCC(I)(CCC)NC(=O)O. The Balaban J connectivity index is 4.19. The van der Waals surface area contributed by atoms with Crippen LogP contribution in [0.3, 0.4) is 0 Å². The lowest BCUT2D eigenvalue weighted by atomic mass is 10.1. The Morgan fingerprint density at radius 3 is 2.75 bits per heavy atom. The highest BCUT2D eigenvalue weighted by molar-refractivity contribution is 14.1. The van der Waals surface area contributed by atoms with Crippen molar-refractivity contribution < 1.29 is 9.90 Å². The van der Waals surface area contributed by atoms with E-state index in [1.165, 1.54) is 0 Å². The number of hydrogen-bond acceptors (Lipinski definition) is 1. The number of carboxylic acid groups (broad SMARTS) is 1. The van der Waals surface area contributed by atoms with Gasteiger partial charge < -0.3 is 10.4 Å². The summed E-state index contributed by atoms with van der Waals surface area (Å²) in [7, 11) is 0. The molecule has 0 aromatic carbocycles. The maximum Gasteiger partial charge on any atom is 0.405 e. The van der Waals surface area contributed by atoms with Gasteiger partial charge in [-0.2, -0.15) is 0 Å². The fourth-order valence-electron chi connectivity index (χ4n) is 0.945. The second-order valence-electron chi connectivity index (χ2n) is 2.53. The van der Waals surface area contributed by atoms with Gasteiger partial charge in [0, 0.05) is 6.42 Å². The van der Waals surface area contributed by atoms with Crippen LogP contribution in [-0.2, 0) is 0 Å². The van der Waals surface area contributed by atoms with Crippen LogP contribution in [0.4, 0.5) is 4.79 Å². The average molecular weight is 281 g/mol. The number of terminal acetylenes is 1. The molecule has 1 unspecified atom stereocenters. The molecule has 2 N–H and O–H groups in total. The summed E-state index contributed by atoms with van der Waals surface area (Å²) >= 11 is 2.06. The number of nitrogens with one attached hydrogen (secondary N) is 1. The molecule has 0 spiro atoms. The van der Waals surface area contributed by atoms with Gasteiger partial charge in [0.05, 0.1) is 0 Å². The number of carbonyl (C=O) groups is 1. The van der Waals surface area contributed by atoms with Gasteiger partial charge in [0.25, 0.3) is 0 Å². The Morgan fingerprint density at radius 1 is 1.83 bits per heavy atom. The molecule has 0 fully saturated rings. The van der Waals surface area contributed by atoms with Gasteiger partial charge in [-0.05, 0) is 6.42 Å². The van der Waals surface area contributed by atoms with E-state index in [0.29, 0.717) is 6.42 Å². The van der Waals surface area contributed by atoms with Crippen molar-refractivity contribution in [2.75, 3.05) is 0 Å². The van der Waals surface area contributed by atoms with E-state index in [-0.39, 0.29) is 0 Å². The van der Waals surface area contributed by atoms with Gasteiger partial charge in [0.1, 0.15) is 3.55 Å². The minimum Gasteiger partial charge on any atom is -0.465 e. The molecule has 0 aliphatic heterocycles. The molecule has 0 saturated heterocycles. The Bertz CT molecular complexity index is 200. The van der Waals surface area contributed by atoms with Crippen molar-refractivity contribution in [2.45, 2.75) is 29.7 Å². The van der Waals surface area contributed by atoms with Crippen molar-refractivity contribution in [2.24, 2.45) is 0 Å². The van der Waals surface area contributed by atoms with Gasteiger partial charge >= 0.3 is 6.09 Å². The van der Waals surface area contributed by atoms with Crippen molar-refractivity contribution in [3.63, 3.8) is 0 Å². The summed E-state index contributed by atoms with van der Waals surface area (Å²) < 4.78 is -0.493. The zero-order valence-corrected chi connectivity index (χ0v) is 9.09. The first kappa shape index (κ1) is 11.6. The zero-order valence-electron chi connectivity index (χ0n) is 6.93. The Kier molecular flexibility index (Phi) is 5.06. The highest BCUT2D eigenvalue weighted by atomic mass is 127. The minimum atomic E-state index is -1.02. The molecule has 0 aliphatic carbocycles. The Labute approximate surface area is 86.1 Å². The van der Waals surface area contributed by atoms with Crippen molar-refractivity contribution in [1.29, 1.82) is 0 Å². The van der Waals surface area contributed by atoms with Crippen LogP contribution in [0.25, 0.3) is 0 Å². The summed E-state index contributed by atoms with van der Waals surface area (Å²) in [5.74, 6) is 2.47. The maximum atomic E-state index is 10.4. The molecule has 0 aromatic rings. The van der Waals surface area contributed by atoms with E-state index in [9.17, 15) is 4.79 Å². The van der Waals surface area contributed by atoms with Crippen molar-refractivity contribution >= 4 is 28.7 Å². The smallest absolute Gasteiger partial charge is 0.405 e. The fourth-order valence-corrected chi connectivity index (χ4v) is 1.94. The number of alkyl halides is 1. The third kappa shape index (κ3) is 4.44. The average Bonchev–Trinajstić information content (AvgIpc) is 1.85. The van der Waals surface area contributed by atoms with Crippen LogP contribution < -0.4 is 5.32 Å². The van der Waals surface area contributed by atoms with Crippen LogP contribution in [0.1, 0.15) is 26.2 Å². The summed E-state index contributed by atoms with van der Waals surface area (Å²) in [5, 5.41) is 10.9. The molecule has 68 valence electrons. The summed E-state index contributed by atoms with van der Waals surface area (Å²) in [6, 6.07) is 0. The lowest BCUT2D eigenvalue weighted by Crippen LogP contribution is -2.42. The van der Waals surface area contributed by atoms with Crippen LogP contribution >= 0.6 is 22.6 Å². The number of rotatable bonds is 4. The van der Waals surface area contributed by atoms with Crippen LogP contribution in [0.15, 0.2) is 0 Å². The van der Waals surface area contributed by atoms with E-state index in [1.807, 2.05) is 6.92 Å². The molecule has 0 radical (unpaired) electrons. The van der Waals surface area contributed by atoms with Gasteiger partial charge in [-0.25, -0.2) is 4.79 Å². The monoisotopic (exact) mass is 281 g/mol. The number of halogens is 1. The molecule has 0 aromatic heterocycles. The summed E-state index contributed by atoms with van der Waals surface area (Å²) in [4.78, 5) is 10.4. The topological polar surface area (TPSA) is 49.3 Å². The standard InChI is InChI=1S/C8H12INO2/c1-3-5-8(9,6-4-2)10-7(11)12/h1,10H,4-6H2,2H3,(H,11,12). The largest absolute Gasteiger partial charge is 0.465 e. The minimum absolute atomic E-state index is 0.424. The molecular weight excluding hydrogens is 269 g/mol. The molecule has 12 heavy (non-hydrogen) atoms. The molecule has 0 saturated carbocycles. The fraction of sp³-hybridized carbons (Fsp3) is 0.625. The molecule has 0 aliphatic rings. The second kappa shape index (κ2) is 5.25. The molecule has 4 heteroatoms. The summed E-state index contributed by atoms with van der Waals surface area (Å²) in [6.07, 6.45) is 6.20. The van der Waals surface area contributed by atoms with Gasteiger partial charge in [-0.15, -0.1) is 12.3 Å². The van der Waals surface area contributed by atoms with Crippen LogP contribution in [0, 0.1) is 12.3 Å². The van der Waals surface area contributed by atoms with Gasteiger partial charge in [-0.3, -0.25) is 0 Å². The van der Waals surface area contributed by atoms with Crippen LogP contribution in [0.5, 0.6) is 0 Å². The Hall–Kier alpha value is -0.440. The van der Waals surface area contributed by atoms with Crippen LogP contribution in [0.2, 0.25) is 0 Å². The zero-order chi connectivity index (χ0) is 9.61. The Morgan fingerprint density at radius 2 is 2.42 bits per heavy atom. The van der Waals surface area contributed by atoms with Crippen LogP contribution in [-0.4, -0.2) is 14.7 Å². The normalized spacial score (nSPS) is 14.4. The van der Waals surface area contributed by atoms with E-state index < -0.39 is 9.64 Å². The third-order valence-corrected chi connectivity index (χ3v) is 2.55. The summed E-state index contributed by atoms with van der Waals surface area (Å²) in [6.45, 7) is 1.99. The molecule has 0 bridgehead atoms. The van der Waals surface area contributed by atoms with Crippen molar-refractivity contribution in [3.05, 3.63) is 0 Å². The molecule has 3 nitrogen and oxygen atoms in total. The second-order valence-corrected chi connectivity index (χ2v) is 4.59. The quantitative estimate of drug-likeness (QED) is 0.359. The highest BCUT2D eigenvalue weighted by Gasteiger charge is 2.25. The van der Waals surface area contributed by atoms with Crippen molar-refractivity contribution in [3.8, 4) is 12.3 Å². The van der Waals surface area contributed by atoms with Gasteiger partial charge in [0.15, 0.2) is 0 Å². The van der Waals surface area contributed by atoms with Gasteiger partial charge in [0.2, 0.25) is 0 Å². The maximum absolute atomic E-state index is 10.4. The van der Waals surface area contributed by atoms with E-state index in [2.05, 4.69) is 33.8 Å². The van der Waals surface area contributed by atoms with E-state index in [4.69, 9.17) is 11.5 Å². The third-order valence-electron chi connectivity index (χ3n) is 1.36. The number of hydrogen-bond donors (Lipinski definition) is 2. The lowest BCUT2D eigenvalue weighted by molar-refractivity contribution is 0.188. The predicted octanol–water partition coefficient (Wildman–Crippen LogP) is 2.21. The molecule has 1 atom stereocenters. The highest BCUT2D eigenvalue weighted by Crippen LogP contribution is 2.25. The lowest BCUT2D eigenvalue weighted by Gasteiger charge is -2.24. The molecule has 0 rings (SSSR count). The van der Waals surface area contributed by atoms with E-state index >= 15 is 0 Å². The van der Waals surface area contributed by atoms with Gasteiger partial charge in [-0.1, -0.05) is 35.9 Å².